The minimum absolute atomic E-state index is 0.0345. The summed E-state index contributed by atoms with van der Waals surface area (Å²) in [6, 6.07) is -1.03. The van der Waals surface area contributed by atoms with Crippen LogP contribution < -0.4 is 5.32 Å². The van der Waals surface area contributed by atoms with Crippen molar-refractivity contribution in [1.82, 2.24) is 5.32 Å². The van der Waals surface area contributed by atoms with Crippen LogP contribution in [0.15, 0.2) is 0 Å². The van der Waals surface area contributed by atoms with Crippen LogP contribution in [0.3, 0.4) is 0 Å². The van der Waals surface area contributed by atoms with Gasteiger partial charge in [0.05, 0.1) is 0 Å². The van der Waals surface area contributed by atoms with Crippen molar-refractivity contribution < 1.29 is 19.4 Å². The van der Waals surface area contributed by atoms with Crippen molar-refractivity contribution in [2.45, 2.75) is 19.4 Å². The number of hydrogen-bond acceptors (Lipinski definition) is 3. The number of terminal acetylenes is 1. The summed E-state index contributed by atoms with van der Waals surface area (Å²) in [7, 11) is 0. The number of rotatable bonds is 6. The Bertz CT molecular complexity index is 244. The number of hydrogen-bond donors (Lipinski definition) is 2. The molecule has 1 atom stereocenters. The fraction of sp³-hybridized carbons (Fsp3) is 0.556. The third-order valence-corrected chi connectivity index (χ3v) is 1.39. The van der Waals surface area contributed by atoms with E-state index in [2.05, 4.69) is 11.2 Å². The molecule has 0 fully saturated rings. The van der Waals surface area contributed by atoms with Gasteiger partial charge in [-0.1, -0.05) is 0 Å². The molecule has 5 heteroatoms. The first-order valence-corrected chi connectivity index (χ1v) is 4.15. The summed E-state index contributed by atoms with van der Waals surface area (Å²) in [5.74, 6) is 0.551. The van der Waals surface area contributed by atoms with Gasteiger partial charge < -0.3 is 15.2 Å². The highest BCUT2D eigenvalue weighted by molar-refractivity contribution is 5.84. The number of nitrogens with one attached hydrogen (secondary N) is 1. The SMILES string of the molecule is C#CCC(NC(=O)COCC)C(=O)O. The van der Waals surface area contributed by atoms with Gasteiger partial charge in [-0.15, -0.1) is 12.3 Å². The highest BCUT2D eigenvalue weighted by Gasteiger charge is 2.18. The molecule has 0 radical (unpaired) electrons. The standard InChI is InChI=1S/C9H13NO4/c1-3-5-7(9(12)13)10-8(11)6-14-4-2/h1,7H,4-6H2,2H3,(H,10,11)(H,12,13). The lowest BCUT2D eigenvalue weighted by Crippen LogP contribution is -2.42. The number of carbonyl (C=O) groups is 2. The van der Waals surface area contributed by atoms with Crippen LogP contribution in [-0.2, 0) is 14.3 Å². The van der Waals surface area contributed by atoms with E-state index in [1.165, 1.54) is 0 Å². The van der Waals surface area contributed by atoms with Gasteiger partial charge in [-0.05, 0) is 6.92 Å². The number of ether oxygens (including phenoxy) is 1. The highest BCUT2D eigenvalue weighted by Crippen LogP contribution is 1.90. The van der Waals surface area contributed by atoms with Crippen molar-refractivity contribution in [3.8, 4) is 12.3 Å². The number of carboxylic acid groups (broad SMARTS) is 1. The van der Waals surface area contributed by atoms with E-state index in [-0.39, 0.29) is 13.0 Å². The normalized spacial score (nSPS) is 11.4. The fourth-order valence-electron chi connectivity index (χ4n) is 0.749. The zero-order valence-electron chi connectivity index (χ0n) is 7.95. The molecule has 5 nitrogen and oxygen atoms in total. The van der Waals surface area contributed by atoms with Gasteiger partial charge in [0, 0.05) is 13.0 Å². The molecule has 0 aromatic rings. The molecule has 0 saturated heterocycles. The second kappa shape index (κ2) is 6.92. The molecule has 14 heavy (non-hydrogen) atoms. The molecule has 0 saturated carbocycles. The van der Waals surface area contributed by atoms with Gasteiger partial charge in [0.1, 0.15) is 12.6 Å². The third kappa shape index (κ3) is 5.17. The van der Waals surface area contributed by atoms with Crippen molar-refractivity contribution in [3.05, 3.63) is 0 Å². The average Bonchev–Trinajstić information content (AvgIpc) is 2.14. The second-order valence-electron chi connectivity index (χ2n) is 2.50. The summed E-state index contributed by atoms with van der Waals surface area (Å²) in [5, 5.41) is 10.9. The van der Waals surface area contributed by atoms with Crippen molar-refractivity contribution in [3.63, 3.8) is 0 Å². The monoisotopic (exact) mass is 199 g/mol. The lowest BCUT2D eigenvalue weighted by Gasteiger charge is -2.11. The lowest BCUT2D eigenvalue weighted by molar-refractivity contribution is -0.142. The maximum atomic E-state index is 11.0. The van der Waals surface area contributed by atoms with Gasteiger partial charge in [0.25, 0.3) is 0 Å². The molecule has 1 amide bonds. The quantitative estimate of drug-likeness (QED) is 0.571. The highest BCUT2D eigenvalue weighted by atomic mass is 16.5. The average molecular weight is 199 g/mol. The maximum absolute atomic E-state index is 11.0. The summed E-state index contributed by atoms with van der Waals surface area (Å²) in [6.45, 7) is 1.99. The van der Waals surface area contributed by atoms with Gasteiger partial charge in [-0.2, -0.15) is 0 Å². The van der Waals surface area contributed by atoms with Gasteiger partial charge in [-0.25, -0.2) is 4.79 Å². The molecule has 0 rings (SSSR count). The van der Waals surface area contributed by atoms with E-state index in [1.54, 1.807) is 6.92 Å². The van der Waals surface area contributed by atoms with Crippen LogP contribution >= 0.6 is 0 Å². The first kappa shape index (κ1) is 12.5. The number of amides is 1. The van der Waals surface area contributed by atoms with E-state index in [9.17, 15) is 9.59 Å². The summed E-state index contributed by atoms with van der Waals surface area (Å²) >= 11 is 0. The Labute approximate surface area is 82.4 Å². The molecule has 0 aliphatic heterocycles. The molecular weight excluding hydrogens is 186 g/mol. The van der Waals surface area contributed by atoms with Crippen molar-refractivity contribution in [2.24, 2.45) is 0 Å². The first-order valence-electron chi connectivity index (χ1n) is 4.15. The van der Waals surface area contributed by atoms with E-state index in [4.69, 9.17) is 16.3 Å². The van der Waals surface area contributed by atoms with Crippen LogP contribution in [0.5, 0.6) is 0 Å². The molecule has 0 aliphatic rings. The van der Waals surface area contributed by atoms with Gasteiger partial charge in [0.15, 0.2) is 0 Å². The predicted octanol–water partition coefficient (Wildman–Crippen LogP) is -0.384. The van der Waals surface area contributed by atoms with Crippen LogP contribution in [0.4, 0.5) is 0 Å². The molecule has 0 bridgehead atoms. The Balaban J connectivity index is 3.97. The van der Waals surface area contributed by atoms with Gasteiger partial charge in [-0.3, -0.25) is 4.79 Å². The van der Waals surface area contributed by atoms with Crippen LogP contribution in [0.2, 0.25) is 0 Å². The molecule has 0 aliphatic carbocycles. The van der Waals surface area contributed by atoms with Crippen LogP contribution in [0, 0.1) is 12.3 Å². The summed E-state index contributed by atoms with van der Waals surface area (Å²) in [6.07, 6.45) is 4.91. The summed E-state index contributed by atoms with van der Waals surface area (Å²) in [4.78, 5) is 21.6. The minimum Gasteiger partial charge on any atom is -0.480 e. The number of aliphatic carboxylic acids is 1. The molecule has 0 aromatic carbocycles. The van der Waals surface area contributed by atoms with Crippen molar-refractivity contribution in [2.75, 3.05) is 13.2 Å². The minimum atomic E-state index is -1.15. The van der Waals surface area contributed by atoms with Crippen LogP contribution in [-0.4, -0.2) is 36.2 Å². The smallest absolute Gasteiger partial charge is 0.327 e. The Morgan fingerprint density at radius 2 is 2.29 bits per heavy atom. The Morgan fingerprint density at radius 1 is 1.64 bits per heavy atom. The molecule has 2 N–H and O–H groups in total. The zero-order valence-corrected chi connectivity index (χ0v) is 7.95. The predicted molar refractivity (Wildman–Crippen MR) is 49.5 cm³/mol. The largest absolute Gasteiger partial charge is 0.480 e. The van der Waals surface area contributed by atoms with Crippen LogP contribution in [0.25, 0.3) is 0 Å². The third-order valence-electron chi connectivity index (χ3n) is 1.39. The maximum Gasteiger partial charge on any atom is 0.327 e. The molecular formula is C9H13NO4. The van der Waals surface area contributed by atoms with E-state index in [1.807, 2.05) is 0 Å². The van der Waals surface area contributed by atoms with Crippen LogP contribution in [0.1, 0.15) is 13.3 Å². The summed E-state index contributed by atoms with van der Waals surface area (Å²) < 4.78 is 4.80. The zero-order chi connectivity index (χ0) is 11.0. The van der Waals surface area contributed by atoms with E-state index in [0.29, 0.717) is 6.61 Å². The number of carbonyl (C=O) groups excluding carboxylic acids is 1. The fourth-order valence-corrected chi connectivity index (χ4v) is 0.749. The van der Waals surface area contributed by atoms with E-state index in [0.717, 1.165) is 0 Å². The van der Waals surface area contributed by atoms with Gasteiger partial charge >= 0.3 is 5.97 Å². The van der Waals surface area contributed by atoms with E-state index >= 15 is 0 Å². The van der Waals surface area contributed by atoms with Crippen molar-refractivity contribution in [1.29, 1.82) is 0 Å². The molecule has 1 unspecified atom stereocenters. The van der Waals surface area contributed by atoms with E-state index < -0.39 is 17.9 Å². The number of carboxylic acids is 1. The molecule has 0 spiro atoms. The Morgan fingerprint density at radius 3 is 2.71 bits per heavy atom. The Kier molecular flexibility index (Phi) is 6.16. The first-order chi connectivity index (χ1) is 6.61. The molecule has 78 valence electrons. The van der Waals surface area contributed by atoms with Crippen molar-refractivity contribution >= 4 is 11.9 Å². The summed E-state index contributed by atoms with van der Waals surface area (Å²) in [5.41, 5.74) is 0. The molecule has 0 heterocycles. The Hall–Kier alpha value is -1.54. The second-order valence-corrected chi connectivity index (χ2v) is 2.50. The lowest BCUT2D eigenvalue weighted by atomic mass is 10.2. The molecule has 0 aromatic heterocycles. The topological polar surface area (TPSA) is 75.6 Å². The van der Waals surface area contributed by atoms with Gasteiger partial charge in [0.2, 0.25) is 5.91 Å².